The third kappa shape index (κ3) is 2.56. The Morgan fingerprint density at radius 2 is 2.07 bits per heavy atom. The normalized spacial score (nSPS) is 23.7. The number of carbonyl (C=O) groups is 1. The zero-order chi connectivity index (χ0) is 19.4. The number of nitrogens with zero attached hydrogens (tertiary/aromatic N) is 1. The molecule has 1 amide bonds. The van der Waals surface area contributed by atoms with E-state index in [1.807, 2.05) is 0 Å². The molecule has 0 spiro atoms. The smallest absolute Gasteiger partial charge is 0.471 e. The molecule has 2 aliphatic heterocycles. The summed E-state index contributed by atoms with van der Waals surface area (Å²) in [4.78, 5) is 24.4. The van der Waals surface area contributed by atoms with Gasteiger partial charge in [-0.2, -0.15) is 13.2 Å². The average molecular weight is 380 g/mol. The number of alkyl halides is 3. The number of para-hydroxylation sites is 1. The number of carbonyl (C=O) groups excluding carboxylic acids is 1. The molecular weight excluding hydrogens is 365 g/mol. The molecule has 1 saturated heterocycles. The van der Waals surface area contributed by atoms with Crippen molar-refractivity contribution < 1.29 is 27.5 Å². The summed E-state index contributed by atoms with van der Waals surface area (Å²) in [6, 6.07) is 8.02. The minimum absolute atomic E-state index is 0.0210. The molecule has 2 aromatic rings. The minimum Gasteiger partial charge on any atom is -0.502 e. The van der Waals surface area contributed by atoms with E-state index in [9.17, 15) is 27.9 Å². The summed E-state index contributed by atoms with van der Waals surface area (Å²) < 4.78 is 44.4. The second-order valence-electron chi connectivity index (χ2n) is 6.73. The summed E-state index contributed by atoms with van der Waals surface area (Å²) in [6.07, 6.45) is -4.62. The molecule has 1 aromatic carbocycles. The van der Waals surface area contributed by atoms with Gasteiger partial charge in [-0.3, -0.25) is 9.59 Å². The number of hydrogen-bond acceptors (Lipinski definition) is 5. The van der Waals surface area contributed by atoms with E-state index in [0.29, 0.717) is 5.69 Å². The molecule has 4 rings (SSSR count). The number of anilines is 1. The van der Waals surface area contributed by atoms with Crippen molar-refractivity contribution in [3.05, 3.63) is 58.1 Å². The van der Waals surface area contributed by atoms with Crippen molar-refractivity contribution in [3.63, 3.8) is 0 Å². The van der Waals surface area contributed by atoms with Crippen LogP contribution in [0.5, 0.6) is 5.75 Å². The molecule has 9 heteroatoms. The number of fused-ring (bicyclic) bond motifs is 3. The fourth-order valence-corrected chi connectivity index (χ4v) is 4.10. The van der Waals surface area contributed by atoms with E-state index < -0.39 is 34.8 Å². The molecule has 142 valence electrons. The fourth-order valence-electron chi connectivity index (χ4n) is 4.10. The first kappa shape index (κ1) is 17.4. The van der Waals surface area contributed by atoms with Crippen LogP contribution in [0.2, 0.25) is 0 Å². The average Bonchev–Trinajstić information content (AvgIpc) is 3.11. The number of aromatic hydroxyl groups is 1. The molecule has 2 N–H and O–H groups in total. The first-order valence-electron chi connectivity index (χ1n) is 8.27. The van der Waals surface area contributed by atoms with Crippen molar-refractivity contribution in [2.24, 2.45) is 0 Å². The third-order valence-electron chi connectivity index (χ3n) is 5.30. The van der Waals surface area contributed by atoms with Gasteiger partial charge in [-0.1, -0.05) is 18.2 Å². The molecule has 0 radical (unpaired) electrons. The lowest BCUT2D eigenvalue weighted by molar-refractivity contribution is -0.186. The quantitative estimate of drug-likeness (QED) is 0.836. The molecule has 3 heterocycles. The zero-order valence-electron chi connectivity index (χ0n) is 13.9. The lowest BCUT2D eigenvalue weighted by Crippen LogP contribution is -2.51. The Balaban J connectivity index is 1.80. The van der Waals surface area contributed by atoms with Crippen LogP contribution >= 0.6 is 0 Å². The molecule has 0 saturated carbocycles. The summed E-state index contributed by atoms with van der Waals surface area (Å²) in [6.45, 7) is -0.109. The molecular formula is C18H15F3N2O4. The Hall–Kier alpha value is -2.97. The first-order valence-corrected chi connectivity index (χ1v) is 8.27. The van der Waals surface area contributed by atoms with E-state index in [4.69, 9.17) is 4.42 Å². The van der Waals surface area contributed by atoms with Gasteiger partial charge in [0, 0.05) is 30.1 Å². The Labute approximate surface area is 151 Å². The number of hydrogen-bond donors (Lipinski definition) is 2. The van der Waals surface area contributed by atoms with E-state index in [-0.39, 0.29) is 25.1 Å². The molecule has 6 nitrogen and oxygen atoms in total. The van der Waals surface area contributed by atoms with Gasteiger partial charge in [0.05, 0.1) is 6.26 Å². The standard InChI is InChI=1S/C18H15F3N2O4/c19-18(20,21)16(26)23-7-6-17(9-13-14(25)12(24)5-8-27-13)10-3-1-2-4-11(10)22-15(17)23/h1-5,8,15,22,25H,6-7,9H2/t15-,17+/m0/s1. The van der Waals surface area contributed by atoms with Crippen LogP contribution in [0.3, 0.4) is 0 Å². The van der Waals surface area contributed by atoms with E-state index in [1.165, 1.54) is 0 Å². The lowest BCUT2D eigenvalue weighted by atomic mass is 9.75. The van der Waals surface area contributed by atoms with Crippen LogP contribution in [0.15, 0.2) is 45.8 Å². The monoisotopic (exact) mass is 380 g/mol. The van der Waals surface area contributed by atoms with E-state index in [2.05, 4.69) is 5.32 Å². The van der Waals surface area contributed by atoms with Crippen LogP contribution in [0.25, 0.3) is 0 Å². The Morgan fingerprint density at radius 1 is 1.33 bits per heavy atom. The fraction of sp³-hybridized carbons (Fsp3) is 0.333. The van der Waals surface area contributed by atoms with Gasteiger partial charge in [0.2, 0.25) is 11.2 Å². The topological polar surface area (TPSA) is 82.8 Å². The summed E-state index contributed by atoms with van der Waals surface area (Å²) >= 11 is 0. The highest BCUT2D eigenvalue weighted by Gasteiger charge is 2.59. The highest BCUT2D eigenvalue weighted by atomic mass is 19.4. The molecule has 2 atom stereocenters. The van der Waals surface area contributed by atoms with Crippen LogP contribution in [-0.2, 0) is 16.6 Å². The van der Waals surface area contributed by atoms with Gasteiger partial charge in [-0.15, -0.1) is 0 Å². The Morgan fingerprint density at radius 3 is 2.81 bits per heavy atom. The highest BCUT2D eigenvalue weighted by molar-refractivity contribution is 5.84. The predicted octanol–water partition coefficient (Wildman–Crippen LogP) is 2.37. The second kappa shape index (κ2) is 5.77. The molecule has 0 unspecified atom stereocenters. The van der Waals surface area contributed by atoms with Crippen molar-refractivity contribution in [1.82, 2.24) is 4.90 Å². The van der Waals surface area contributed by atoms with Crippen LogP contribution in [0.4, 0.5) is 18.9 Å². The summed E-state index contributed by atoms with van der Waals surface area (Å²) in [5.41, 5.74) is -0.255. The van der Waals surface area contributed by atoms with Crippen molar-refractivity contribution in [1.29, 1.82) is 0 Å². The number of halogens is 3. The van der Waals surface area contributed by atoms with Crippen molar-refractivity contribution in [2.75, 3.05) is 11.9 Å². The van der Waals surface area contributed by atoms with E-state index in [1.54, 1.807) is 24.3 Å². The van der Waals surface area contributed by atoms with Crippen molar-refractivity contribution in [2.45, 2.75) is 30.6 Å². The van der Waals surface area contributed by atoms with Crippen molar-refractivity contribution in [3.8, 4) is 5.75 Å². The molecule has 27 heavy (non-hydrogen) atoms. The summed E-state index contributed by atoms with van der Waals surface area (Å²) in [5, 5.41) is 13.0. The van der Waals surface area contributed by atoms with E-state index in [0.717, 1.165) is 22.8 Å². The zero-order valence-corrected chi connectivity index (χ0v) is 13.9. The van der Waals surface area contributed by atoms with Gasteiger partial charge in [0.25, 0.3) is 0 Å². The number of amides is 1. The Kier molecular flexibility index (Phi) is 3.72. The Bertz CT molecular complexity index is 972. The van der Waals surface area contributed by atoms with Crippen LogP contribution in [0, 0.1) is 0 Å². The van der Waals surface area contributed by atoms with Gasteiger partial charge in [-0.25, -0.2) is 0 Å². The van der Waals surface area contributed by atoms with Crippen molar-refractivity contribution >= 4 is 11.6 Å². The summed E-state index contributed by atoms with van der Waals surface area (Å²) in [7, 11) is 0. The molecule has 1 aromatic heterocycles. The largest absolute Gasteiger partial charge is 0.502 e. The SMILES string of the molecule is O=C(N1CC[C@@]2(Cc3occc(=O)c3O)c3ccccc3N[C@@H]12)C(F)(F)F. The van der Waals surface area contributed by atoms with Gasteiger partial charge in [0.1, 0.15) is 11.9 Å². The van der Waals surface area contributed by atoms with E-state index >= 15 is 0 Å². The number of likely N-dealkylation sites (tertiary alicyclic amines) is 1. The van der Waals surface area contributed by atoms with Gasteiger partial charge < -0.3 is 19.7 Å². The molecule has 0 aliphatic carbocycles. The number of benzene rings is 1. The minimum atomic E-state index is -4.99. The van der Waals surface area contributed by atoms with Gasteiger partial charge in [0.15, 0.2) is 0 Å². The maximum Gasteiger partial charge on any atom is 0.471 e. The predicted molar refractivity (Wildman–Crippen MR) is 88.3 cm³/mol. The maximum atomic E-state index is 13.0. The number of nitrogens with one attached hydrogen (secondary N) is 1. The second-order valence-corrected chi connectivity index (χ2v) is 6.73. The van der Waals surface area contributed by atoms with Crippen LogP contribution in [-0.4, -0.2) is 34.8 Å². The molecule has 1 fully saturated rings. The van der Waals surface area contributed by atoms with Crippen LogP contribution in [0.1, 0.15) is 17.7 Å². The third-order valence-corrected chi connectivity index (χ3v) is 5.30. The molecule has 2 aliphatic rings. The lowest BCUT2D eigenvalue weighted by Gasteiger charge is -2.32. The van der Waals surface area contributed by atoms with Gasteiger partial charge in [-0.05, 0) is 18.1 Å². The summed E-state index contributed by atoms with van der Waals surface area (Å²) in [5.74, 6) is -2.52. The van der Waals surface area contributed by atoms with Crippen LogP contribution < -0.4 is 10.7 Å². The maximum absolute atomic E-state index is 13.0. The van der Waals surface area contributed by atoms with Gasteiger partial charge >= 0.3 is 12.1 Å². The highest BCUT2D eigenvalue weighted by Crippen LogP contribution is 2.51. The number of rotatable bonds is 2. The molecule has 0 bridgehead atoms. The first-order chi connectivity index (χ1) is 12.7.